The molecule has 1 N–H and O–H groups in total. The number of hydrogen-bond donors (Lipinski definition) is 1. The summed E-state index contributed by atoms with van der Waals surface area (Å²) in [5, 5.41) is 9.51. The van der Waals surface area contributed by atoms with Gasteiger partial charge >= 0.3 is 0 Å². The molecular weight excluding hydrogens is 234 g/mol. The van der Waals surface area contributed by atoms with Gasteiger partial charge < -0.3 is 10.0 Å². The normalized spacial score (nSPS) is 14.2. The molecule has 0 saturated carbocycles. The van der Waals surface area contributed by atoms with E-state index in [9.17, 15) is 5.11 Å². The molecule has 0 aromatic heterocycles. The average molecular weight is 258 g/mol. The molecule has 0 saturated heterocycles. The van der Waals surface area contributed by atoms with E-state index in [-0.39, 0.29) is 12.4 Å². The van der Waals surface area contributed by atoms with Crippen molar-refractivity contribution in [3.05, 3.63) is 29.8 Å². The van der Waals surface area contributed by atoms with Gasteiger partial charge in [-0.05, 0) is 50.0 Å². The summed E-state index contributed by atoms with van der Waals surface area (Å²) in [7, 11) is 4.21. The molecule has 0 heterocycles. The maximum atomic E-state index is 9.51. The maximum Gasteiger partial charge on any atom is 0.115 e. The lowest BCUT2D eigenvalue weighted by atomic mass is 9.85. The Kier molecular flexibility index (Phi) is 7.24. The third kappa shape index (κ3) is 4.97. The molecule has 2 nitrogen and oxygen atoms in total. The van der Waals surface area contributed by atoms with Gasteiger partial charge in [0, 0.05) is 6.54 Å². The van der Waals surface area contributed by atoms with Crippen molar-refractivity contribution in [1.82, 2.24) is 4.90 Å². The van der Waals surface area contributed by atoms with Crippen molar-refractivity contribution >= 4 is 12.4 Å². The number of phenols is 1. The average Bonchev–Trinajstić information content (AvgIpc) is 2.17. The summed E-state index contributed by atoms with van der Waals surface area (Å²) < 4.78 is 0. The van der Waals surface area contributed by atoms with Gasteiger partial charge in [0.05, 0.1) is 0 Å². The van der Waals surface area contributed by atoms with E-state index in [1.165, 1.54) is 5.56 Å². The van der Waals surface area contributed by atoms with Gasteiger partial charge in [0.1, 0.15) is 5.75 Å². The molecule has 98 valence electrons. The second kappa shape index (κ2) is 7.57. The van der Waals surface area contributed by atoms with E-state index in [0.717, 1.165) is 13.0 Å². The first-order valence-electron chi connectivity index (χ1n) is 5.98. The van der Waals surface area contributed by atoms with E-state index < -0.39 is 0 Å². The Bertz CT molecular complexity index is 328. The zero-order chi connectivity index (χ0) is 12.1. The first-order valence-corrected chi connectivity index (χ1v) is 5.98. The number of hydrogen-bond acceptors (Lipinski definition) is 2. The van der Waals surface area contributed by atoms with Crippen LogP contribution in [0.25, 0.3) is 0 Å². The Labute approximate surface area is 111 Å². The Morgan fingerprint density at radius 1 is 1.29 bits per heavy atom. The van der Waals surface area contributed by atoms with Crippen LogP contribution in [0.4, 0.5) is 0 Å². The predicted octanol–water partition coefficient (Wildman–Crippen LogP) is 3.51. The lowest BCUT2D eigenvalue weighted by Crippen LogP contribution is -2.24. The van der Waals surface area contributed by atoms with Crippen LogP contribution in [0, 0.1) is 5.92 Å². The van der Waals surface area contributed by atoms with Crippen LogP contribution in [-0.4, -0.2) is 30.6 Å². The van der Waals surface area contributed by atoms with Crippen LogP contribution in [-0.2, 0) is 0 Å². The molecule has 17 heavy (non-hydrogen) atoms. The van der Waals surface area contributed by atoms with Crippen molar-refractivity contribution in [3.63, 3.8) is 0 Å². The van der Waals surface area contributed by atoms with Crippen LogP contribution in [0.1, 0.15) is 31.7 Å². The van der Waals surface area contributed by atoms with Crippen LogP contribution in [0.2, 0.25) is 0 Å². The van der Waals surface area contributed by atoms with Crippen molar-refractivity contribution in [2.24, 2.45) is 5.92 Å². The molecule has 0 amide bonds. The lowest BCUT2D eigenvalue weighted by molar-refractivity contribution is 0.301. The number of rotatable bonds is 5. The van der Waals surface area contributed by atoms with E-state index in [0.29, 0.717) is 17.6 Å². The third-order valence-corrected chi connectivity index (χ3v) is 3.08. The van der Waals surface area contributed by atoms with Crippen molar-refractivity contribution < 1.29 is 5.11 Å². The Morgan fingerprint density at radius 2 is 1.94 bits per heavy atom. The monoisotopic (exact) mass is 257 g/mol. The van der Waals surface area contributed by atoms with Gasteiger partial charge in [0.2, 0.25) is 0 Å². The highest BCUT2D eigenvalue weighted by Gasteiger charge is 2.18. The molecule has 0 fully saturated rings. The molecule has 0 spiro atoms. The van der Waals surface area contributed by atoms with Gasteiger partial charge in [0.25, 0.3) is 0 Å². The van der Waals surface area contributed by atoms with Crippen LogP contribution in [0.15, 0.2) is 24.3 Å². The zero-order valence-corrected chi connectivity index (χ0v) is 12.0. The smallest absolute Gasteiger partial charge is 0.115 e. The zero-order valence-electron chi connectivity index (χ0n) is 11.2. The van der Waals surface area contributed by atoms with Gasteiger partial charge in [-0.3, -0.25) is 0 Å². The fourth-order valence-electron chi connectivity index (χ4n) is 2.43. The van der Waals surface area contributed by atoms with Crippen molar-refractivity contribution in [1.29, 1.82) is 0 Å². The summed E-state index contributed by atoms with van der Waals surface area (Å²) >= 11 is 0. The fraction of sp³-hybridized carbons (Fsp3) is 0.571. The first-order chi connectivity index (χ1) is 7.54. The quantitative estimate of drug-likeness (QED) is 0.873. The van der Waals surface area contributed by atoms with Crippen LogP contribution in [0.3, 0.4) is 0 Å². The SMILES string of the molecule is CC[C@H](c1cccc(O)c1)[C@H](C)CN(C)C.Cl. The topological polar surface area (TPSA) is 23.5 Å². The number of benzene rings is 1. The van der Waals surface area contributed by atoms with Gasteiger partial charge in [-0.1, -0.05) is 26.0 Å². The molecular formula is C14H24ClNO. The minimum atomic E-state index is 0. The molecule has 0 unspecified atom stereocenters. The highest BCUT2D eigenvalue weighted by Crippen LogP contribution is 2.30. The molecule has 2 atom stereocenters. The molecule has 3 heteroatoms. The third-order valence-electron chi connectivity index (χ3n) is 3.08. The summed E-state index contributed by atoms with van der Waals surface area (Å²) in [4.78, 5) is 2.22. The summed E-state index contributed by atoms with van der Waals surface area (Å²) in [5.41, 5.74) is 1.25. The van der Waals surface area contributed by atoms with Gasteiger partial charge in [-0.15, -0.1) is 12.4 Å². The van der Waals surface area contributed by atoms with Gasteiger partial charge in [-0.25, -0.2) is 0 Å². The van der Waals surface area contributed by atoms with Crippen LogP contribution < -0.4 is 0 Å². The van der Waals surface area contributed by atoms with Crippen LogP contribution in [0.5, 0.6) is 5.75 Å². The largest absolute Gasteiger partial charge is 0.508 e. The first kappa shape index (κ1) is 16.3. The van der Waals surface area contributed by atoms with E-state index >= 15 is 0 Å². The highest BCUT2D eigenvalue weighted by molar-refractivity contribution is 5.85. The van der Waals surface area contributed by atoms with E-state index in [2.05, 4.69) is 38.9 Å². The molecule has 0 radical (unpaired) electrons. The summed E-state index contributed by atoms with van der Waals surface area (Å²) in [6.07, 6.45) is 1.11. The second-order valence-electron chi connectivity index (χ2n) is 4.85. The highest BCUT2D eigenvalue weighted by atomic mass is 35.5. The summed E-state index contributed by atoms with van der Waals surface area (Å²) in [6.45, 7) is 5.56. The predicted molar refractivity (Wildman–Crippen MR) is 76.1 cm³/mol. The van der Waals surface area contributed by atoms with Crippen molar-refractivity contribution in [3.8, 4) is 5.75 Å². The molecule has 0 aliphatic carbocycles. The van der Waals surface area contributed by atoms with Crippen molar-refractivity contribution in [2.75, 3.05) is 20.6 Å². The summed E-state index contributed by atoms with van der Waals surface area (Å²) in [6, 6.07) is 7.66. The number of nitrogens with zero attached hydrogens (tertiary/aromatic N) is 1. The Hall–Kier alpha value is -0.730. The number of aromatic hydroxyl groups is 1. The van der Waals surface area contributed by atoms with E-state index in [1.807, 2.05) is 12.1 Å². The van der Waals surface area contributed by atoms with E-state index in [4.69, 9.17) is 0 Å². The lowest BCUT2D eigenvalue weighted by Gasteiger charge is -2.26. The fourth-order valence-corrected chi connectivity index (χ4v) is 2.43. The number of phenolic OH excluding ortho intramolecular Hbond substituents is 1. The Morgan fingerprint density at radius 3 is 2.41 bits per heavy atom. The minimum Gasteiger partial charge on any atom is -0.508 e. The molecule has 1 rings (SSSR count). The Balaban J connectivity index is 0.00000256. The standard InChI is InChI=1S/C14H23NO.ClH/c1-5-14(11(2)10-15(3)4)12-7-6-8-13(16)9-12;/h6-9,11,14,16H,5,10H2,1-4H3;1H/t11-,14+;/m1./s1. The molecule has 0 aliphatic rings. The van der Waals surface area contributed by atoms with Gasteiger partial charge in [-0.2, -0.15) is 0 Å². The van der Waals surface area contributed by atoms with E-state index in [1.54, 1.807) is 6.07 Å². The molecule has 0 aliphatic heterocycles. The number of halogens is 1. The molecule has 1 aromatic carbocycles. The molecule has 0 bridgehead atoms. The maximum absolute atomic E-state index is 9.51. The minimum absolute atomic E-state index is 0. The summed E-state index contributed by atoms with van der Waals surface area (Å²) in [5.74, 6) is 1.49. The van der Waals surface area contributed by atoms with Crippen molar-refractivity contribution in [2.45, 2.75) is 26.2 Å². The molecule has 1 aromatic rings. The second-order valence-corrected chi connectivity index (χ2v) is 4.85. The van der Waals surface area contributed by atoms with Gasteiger partial charge in [0.15, 0.2) is 0 Å². The van der Waals surface area contributed by atoms with Crippen LogP contribution >= 0.6 is 12.4 Å².